The van der Waals surface area contributed by atoms with Crippen molar-refractivity contribution >= 4 is 5.91 Å². The van der Waals surface area contributed by atoms with E-state index in [1.165, 1.54) is 25.7 Å². The maximum Gasteiger partial charge on any atom is 0.225 e. The summed E-state index contributed by atoms with van der Waals surface area (Å²) in [6.07, 6.45) is 6.05. The van der Waals surface area contributed by atoms with Gasteiger partial charge in [-0.3, -0.25) is 4.79 Å². The Morgan fingerprint density at radius 2 is 1.89 bits per heavy atom. The molecule has 1 amide bonds. The predicted molar refractivity (Wildman–Crippen MR) is 77.4 cm³/mol. The van der Waals surface area contributed by atoms with E-state index in [2.05, 4.69) is 39.5 Å². The average molecular weight is 253 g/mol. The van der Waals surface area contributed by atoms with Gasteiger partial charge in [0.25, 0.3) is 0 Å². The van der Waals surface area contributed by atoms with Gasteiger partial charge in [-0.2, -0.15) is 0 Å². The fraction of sp³-hybridized carbons (Fsp3) is 0.938. The lowest BCUT2D eigenvalue weighted by molar-refractivity contribution is -0.138. The molecule has 1 aliphatic rings. The second-order valence-corrected chi connectivity index (χ2v) is 6.32. The van der Waals surface area contributed by atoms with E-state index in [4.69, 9.17) is 0 Å². The molecule has 0 aromatic carbocycles. The van der Waals surface area contributed by atoms with Crippen LogP contribution in [0.25, 0.3) is 0 Å². The number of hydrogen-bond acceptors (Lipinski definition) is 1. The van der Waals surface area contributed by atoms with Gasteiger partial charge in [0, 0.05) is 18.5 Å². The molecule has 18 heavy (non-hydrogen) atoms. The predicted octanol–water partition coefficient (Wildman–Crippen LogP) is 4.10. The molecule has 1 aliphatic carbocycles. The van der Waals surface area contributed by atoms with Crippen LogP contribution in [-0.4, -0.2) is 23.4 Å². The summed E-state index contributed by atoms with van der Waals surface area (Å²) in [5, 5.41) is 0. The molecular weight excluding hydrogens is 222 g/mol. The summed E-state index contributed by atoms with van der Waals surface area (Å²) in [5.74, 6) is 1.91. The van der Waals surface area contributed by atoms with Crippen molar-refractivity contribution in [2.24, 2.45) is 17.8 Å². The first-order chi connectivity index (χ1) is 8.51. The normalized spacial score (nSPS) is 25.4. The summed E-state index contributed by atoms with van der Waals surface area (Å²) in [5.41, 5.74) is 0. The van der Waals surface area contributed by atoms with E-state index in [-0.39, 0.29) is 5.92 Å². The van der Waals surface area contributed by atoms with E-state index in [1.54, 1.807) is 0 Å². The van der Waals surface area contributed by atoms with Crippen LogP contribution in [0.15, 0.2) is 0 Å². The molecule has 0 aromatic heterocycles. The average Bonchev–Trinajstić information content (AvgIpc) is 2.77. The molecule has 3 atom stereocenters. The summed E-state index contributed by atoms with van der Waals surface area (Å²) in [6, 6.07) is 0.516. The molecule has 1 fully saturated rings. The number of carbonyl (C=O) groups excluding carboxylic acids is 1. The Balaban J connectivity index is 2.67. The molecule has 0 bridgehead atoms. The standard InChI is InChI=1S/C16H31NO/c1-6-14-9-8-10-15(14)17(7-2)16(18)13(5)11-12(3)4/h12-15H,6-11H2,1-5H3. The number of nitrogens with zero attached hydrogens (tertiary/aromatic N) is 1. The first-order valence-electron chi connectivity index (χ1n) is 7.81. The molecule has 3 unspecified atom stereocenters. The number of amides is 1. The van der Waals surface area contributed by atoms with Crippen LogP contribution >= 0.6 is 0 Å². The quantitative estimate of drug-likeness (QED) is 0.698. The van der Waals surface area contributed by atoms with Crippen molar-refractivity contribution < 1.29 is 4.79 Å². The van der Waals surface area contributed by atoms with Crippen LogP contribution in [0.2, 0.25) is 0 Å². The minimum atomic E-state index is 0.183. The third-order valence-corrected chi connectivity index (χ3v) is 4.41. The first kappa shape index (κ1) is 15.5. The van der Waals surface area contributed by atoms with Crippen LogP contribution in [-0.2, 0) is 4.79 Å². The monoisotopic (exact) mass is 253 g/mol. The second-order valence-electron chi connectivity index (χ2n) is 6.32. The lowest BCUT2D eigenvalue weighted by Crippen LogP contribution is -2.44. The molecule has 0 aromatic rings. The zero-order valence-electron chi connectivity index (χ0n) is 12.9. The molecule has 2 heteroatoms. The Bertz CT molecular complexity index is 262. The van der Waals surface area contributed by atoms with Gasteiger partial charge in [-0.1, -0.05) is 40.5 Å². The summed E-state index contributed by atoms with van der Waals surface area (Å²) in [7, 11) is 0. The minimum absolute atomic E-state index is 0.183. The van der Waals surface area contributed by atoms with E-state index in [1.807, 2.05) is 0 Å². The molecule has 106 valence electrons. The lowest BCUT2D eigenvalue weighted by Gasteiger charge is -2.34. The molecule has 1 saturated carbocycles. The van der Waals surface area contributed by atoms with Crippen molar-refractivity contribution in [1.82, 2.24) is 4.90 Å². The van der Waals surface area contributed by atoms with Gasteiger partial charge in [-0.25, -0.2) is 0 Å². The first-order valence-corrected chi connectivity index (χ1v) is 7.81. The lowest BCUT2D eigenvalue weighted by atomic mass is 9.94. The molecule has 0 radical (unpaired) electrons. The minimum Gasteiger partial charge on any atom is -0.339 e. The number of rotatable bonds is 6. The van der Waals surface area contributed by atoms with Crippen LogP contribution in [0.1, 0.15) is 66.7 Å². The molecule has 0 aliphatic heterocycles. The summed E-state index contributed by atoms with van der Waals surface area (Å²) < 4.78 is 0. The van der Waals surface area contributed by atoms with Gasteiger partial charge >= 0.3 is 0 Å². The molecule has 0 saturated heterocycles. The van der Waals surface area contributed by atoms with Gasteiger partial charge in [0.05, 0.1) is 0 Å². The Morgan fingerprint density at radius 1 is 1.22 bits per heavy atom. The zero-order chi connectivity index (χ0) is 13.7. The third kappa shape index (κ3) is 3.73. The van der Waals surface area contributed by atoms with E-state index >= 15 is 0 Å². The molecule has 0 spiro atoms. The van der Waals surface area contributed by atoms with E-state index in [9.17, 15) is 4.79 Å². The van der Waals surface area contributed by atoms with Crippen LogP contribution in [0.5, 0.6) is 0 Å². The Morgan fingerprint density at radius 3 is 2.39 bits per heavy atom. The Labute approximate surface area is 113 Å². The third-order valence-electron chi connectivity index (χ3n) is 4.41. The van der Waals surface area contributed by atoms with Crippen molar-refractivity contribution in [2.75, 3.05) is 6.54 Å². The van der Waals surface area contributed by atoms with Crippen molar-refractivity contribution in [3.05, 3.63) is 0 Å². The smallest absolute Gasteiger partial charge is 0.225 e. The van der Waals surface area contributed by atoms with E-state index < -0.39 is 0 Å². The second kappa shape index (κ2) is 7.16. The highest BCUT2D eigenvalue weighted by molar-refractivity contribution is 5.78. The fourth-order valence-electron chi connectivity index (χ4n) is 3.55. The van der Waals surface area contributed by atoms with E-state index in [0.29, 0.717) is 17.9 Å². The van der Waals surface area contributed by atoms with Crippen LogP contribution in [0.3, 0.4) is 0 Å². The zero-order valence-corrected chi connectivity index (χ0v) is 12.9. The van der Waals surface area contributed by atoms with E-state index in [0.717, 1.165) is 18.9 Å². The van der Waals surface area contributed by atoms with Gasteiger partial charge in [0.15, 0.2) is 0 Å². The Kier molecular flexibility index (Phi) is 6.17. The maximum atomic E-state index is 12.6. The molecule has 0 N–H and O–H groups in total. The van der Waals surface area contributed by atoms with Crippen LogP contribution < -0.4 is 0 Å². The molecule has 1 rings (SSSR count). The summed E-state index contributed by atoms with van der Waals surface area (Å²) in [4.78, 5) is 14.8. The fourth-order valence-corrected chi connectivity index (χ4v) is 3.55. The van der Waals surface area contributed by atoms with Crippen LogP contribution in [0, 0.1) is 17.8 Å². The molecule has 0 heterocycles. The topological polar surface area (TPSA) is 20.3 Å². The van der Waals surface area contributed by atoms with Gasteiger partial charge in [0.1, 0.15) is 0 Å². The van der Waals surface area contributed by atoms with Crippen LogP contribution in [0.4, 0.5) is 0 Å². The summed E-state index contributed by atoms with van der Waals surface area (Å²) in [6.45, 7) is 11.8. The largest absolute Gasteiger partial charge is 0.339 e. The molecule has 2 nitrogen and oxygen atoms in total. The van der Waals surface area contributed by atoms with Gasteiger partial charge in [-0.15, -0.1) is 0 Å². The van der Waals surface area contributed by atoms with Gasteiger partial charge < -0.3 is 4.90 Å². The van der Waals surface area contributed by atoms with Gasteiger partial charge in [-0.05, 0) is 38.0 Å². The number of carbonyl (C=O) groups is 1. The highest BCUT2D eigenvalue weighted by Gasteiger charge is 2.34. The maximum absolute atomic E-state index is 12.6. The number of hydrogen-bond donors (Lipinski definition) is 0. The van der Waals surface area contributed by atoms with Crippen molar-refractivity contribution in [3.8, 4) is 0 Å². The van der Waals surface area contributed by atoms with Crippen molar-refractivity contribution in [1.29, 1.82) is 0 Å². The van der Waals surface area contributed by atoms with Crippen molar-refractivity contribution in [3.63, 3.8) is 0 Å². The molecular formula is C16H31NO. The van der Waals surface area contributed by atoms with Crippen molar-refractivity contribution in [2.45, 2.75) is 72.8 Å². The Hall–Kier alpha value is -0.530. The highest BCUT2D eigenvalue weighted by Crippen LogP contribution is 2.33. The highest BCUT2D eigenvalue weighted by atomic mass is 16.2. The SMILES string of the molecule is CCC1CCCC1N(CC)C(=O)C(C)CC(C)C. The summed E-state index contributed by atoms with van der Waals surface area (Å²) >= 11 is 0. The van der Waals surface area contributed by atoms with Gasteiger partial charge in [0.2, 0.25) is 5.91 Å².